The molecule has 0 bridgehead atoms. The van der Waals surface area contributed by atoms with E-state index in [1.807, 2.05) is 0 Å². The second-order valence-corrected chi connectivity index (χ2v) is 5.51. The molecule has 1 saturated heterocycles. The standard InChI is InChI=1S/C13H19BrN2/c1-10-3-4-13(14)7-12(10)9-16-6-5-15-8-11(16)2/h3-4,7,11,15H,5-6,8-9H2,1-2H3/t11-/m1/s1. The molecule has 1 aromatic rings. The fourth-order valence-electron chi connectivity index (χ4n) is 2.15. The number of halogens is 1. The number of hydrogen-bond donors (Lipinski definition) is 1. The minimum absolute atomic E-state index is 0.632. The van der Waals surface area contributed by atoms with Crippen molar-refractivity contribution in [3.8, 4) is 0 Å². The van der Waals surface area contributed by atoms with Crippen LogP contribution in [0.25, 0.3) is 0 Å². The lowest BCUT2D eigenvalue weighted by Crippen LogP contribution is -2.49. The number of hydrogen-bond acceptors (Lipinski definition) is 2. The summed E-state index contributed by atoms with van der Waals surface area (Å²) in [4.78, 5) is 2.55. The summed E-state index contributed by atoms with van der Waals surface area (Å²) in [6, 6.07) is 7.17. The van der Waals surface area contributed by atoms with Crippen LogP contribution in [-0.2, 0) is 6.54 Å². The minimum atomic E-state index is 0.632. The Labute approximate surface area is 106 Å². The zero-order valence-corrected chi connectivity index (χ0v) is 11.5. The number of rotatable bonds is 2. The summed E-state index contributed by atoms with van der Waals surface area (Å²) in [5.41, 5.74) is 2.82. The van der Waals surface area contributed by atoms with Crippen LogP contribution in [0.3, 0.4) is 0 Å². The third kappa shape index (κ3) is 2.84. The summed E-state index contributed by atoms with van der Waals surface area (Å²) in [6.45, 7) is 8.90. The summed E-state index contributed by atoms with van der Waals surface area (Å²) in [7, 11) is 0. The maximum atomic E-state index is 3.55. The summed E-state index contributed by atoms with van der Waals surface area (Å²) in [6.07, 6.45) is 0. The molecule has 1 atom stereocenters. The average molecular weight is 283 g/mol. The van der Waals surface area contributed by atoms with Crippen molar-refractivity contribution in [1.29, 1.82) is 0 Å². The van der Waals surface area contributed by atoms with Crippen LogP contribution in [0.2, 0.25) is 0 Å². The van der Waals surface area contributed by atoms with Gasteiger partial charge in [0.25, 0.3) is 0 Å². The highest BCUT2D eigenvalue weighted by molar-refractivity contribution is 9.10. The summed E-state index contributed by atoms with van der Waals surface area (Å²) in [5, 5.41) is 3.43. The molecule has 2 nitrogen and oxygen atoms in total. The van der Waals surface area contributed by atoms with Gasteiger partial charge in [-0.1, -0.05) is 22.0 Å². The third-order valence-electron chi connectivity index (χ3n) is 3.32. The Bertz CT molecular complexity index is 365. The Morgan fingerprint density at radius 3 is 3.06 bits per heavy atom. The van der Waals surface area contributed by atoms with Gasteiger partial charge in [-0.3, -0.25) is 4.90 Å². The maximum Gasteiger partial charge on any atom is 0.0240 e. The minimum Gasteiger partial charge on any atom is -0.314 e. The van der Waals surface area contributed by atoms with Crippen LogP contribution in [0.1, 0.15) is 18.1 Å². The first-order chi connectivity index (χ1) is 7.66. The van der Waals surface area contributed by atoms with E-state index in [1.165, 1.54) is 15.6 Å². The molecule has 0 saturated carbocycles. The molecule has 0 amide bonds. The van der Waals surface area contributed by atoms with E-state index in [4.69, 9.17) is 0 Å². The lowest BCUT2D eigenvalue weighted by Gasteiger charge is -2.34. The highest BCUT2D eigenvalue weighted by Crippen LogP contribution is 2.19. The predicted molar refractivity (Wildman–Crippen MR) is 71.6 cm³/mol. The van der Waals surface area contributed by atoms with Crippen LogP contribution < -0.4 is 5.32 Å². The molecule has 0 aromatic heterocycles. The first-order valence-corrected chi connectivity index (χ1v) is 6.66. The number of piperazine rings is 1. The van der Waals surface area contributed by atoms with E-state index in [9.17, 15) is 0 Å². The van der Waals surface area contributed by atoms with Gasteiger partial charge >= 0.3 is 0 Å². The van der Waals surface area contributed by atoms with Crippen molar-refractivity contribution in [3.63, 3.8) is 0 Å². The first-order valence-electron chi connectivity index (χ1n) is 5.86. The van der Waals surface area contributed by atoms with E-state index < -0.39 is 0 Å². The van der Waals surface area contributed by atoms with Crippen molar-refractivity contribution in [2.45, 2.75) is 26.4 Å². The van der Waals surface area contributed by atoms with E-state index in [1.54, 1.807) is 0 Å². The first kappa shape index (κ1) is 12.1. The molecule has 1 fully saturated rings. The number of benzene rings is 1. The fourth-order valence-corrected chi connectivity index (χ4v) is 2.56. The molecule has 0 unspecified atom stereocenters. The highest BCUT2D eigenvalue weighted by atomic mass is 79.9. The maximum absolute atomic E-state index is 3.55. The van der Waals surface area contributed by atoms with E-state index >= 15 is 0 Å². The lowest BCUT2D eigenvalue weighted by molar-refractivity contribution is 0.165. The molecule has 1 N–H and O–H groups in total. The second-order valence-electron chi connectivity index (χ2n) is 4.59. The van der Waals surface area contributed by atoms with Gasteiger partial charge in [-0.25, -0.2) is 0 Å². The van der Waals surface area contributed by atoms with Crippen LogP contribution in [-0.4, -0.2) is 30.6 Å². The van der Waals surface area contributed by atoms with Crippen LogP contribution in [0.15, 0.2) is 22.7 Å². The predicted octanol–water partition coefficient (Wildman–Crippen LogP) is 2.55. The molecule has 16 heavy (non-hydrogen) atoms. The highest BCUT2D eigenvalue weighted by Gasteiger charge is 2.18. The lowest BCUT2D eigenvalue weighted by atomic mass is 10.1. The topological polar surface area (TPSA) is 15.3 Å². The van der Waals surface area contributed by atoms with E-state index in [-0.39, 0.29) is 0 Å². The van der Waals surface area contributed by atoms with Gasteiger partial charge in [-0.2, -0.15) is 0 Å². The average Bonchev–Trinajstić information content (AvgIpc) is 2.27. The summed E-state index contributed by atoms with van der Waals surface area (Å²) >= 11 is 3.55. The number of aryl methyl sites for hydroxylation is 1. The molecular weight excluding hydrogens is 264 g/mol. The van der Waals surface area contributed by atoms with Crippen LogP contribution in [0.5, 0.6) is 0 Å². The zero-order valence-electron chi connectivity index (χ0n) is 9.96. The number of nitrogens with zero attached hydrogens (tertiary/aromatic N) is 1. The molecule has 0 aliphatic carbocycles. The molecule has 1 heterocycles. The fraction of sp³-hybridized carbons (Fsp3) is 0.538. The van der Waals surface area contributed by atoms with Crippen LogP contribution in [0.4, 0.5) is 0 Å². The van der Waals surface area contributed by atoms with Gasteiger partial charge in [0.05, 0.1) is 0 Å². The molecule has 1 aliphatic heterocycles. The molecular formula is C13H19BrN2. The Hall–Kier alpha value is -0.380. The van der Waals surface area contributed by atoms with Crippen molar-refractivity contribution < 1.29 is 0 Å². The largest absolute Gasteiger partial charge is 0.314 e. The smallest absolute Gasteiger partial charge is 0.0240 e. The quantitative estimate of drug-likeness (QED) is 0.897. The van der Waals surface area contributed by atoms with E-state index in [0.29, 0.717) is 6.04 Å². The van der Waals surface area contributed by atoms with Gasteiger partial charge in [0, 0.05) is 36.7 Å². The Balaban J connectivity index is 2.10. The van der Waals surface area contributed by atoms with E-state index in [0.717, 1.165) is 26.2 Å². The third-order valence-corrected chi connectivity index (χ3v) is 3.82. The molecule has 3 heteroatoms. The molecule has 0 spiro atoms. The van der Waals surface area contributed by atoms with Crippen molar-refractivity contribution in [1.82, 2.24) is 10.2 Å². The SMILES string of the molecule is Cc1ccc(Br)cc1CN1CCNC[C@H]1C. The molecule has 2 rings (SSSR count). The Morgan fingerprint density at radius 2 is 2.31 bits per heavy atom. The molecule has 0 radical (unpaired) electrons. The van der Waals surface area contributed by atoms with Gasteiger partial charge in [0.15, 0.2) is 0 Å². The summed E-state index contributed by atoms with van der Waals surface area (Å²) in [5.74, 6) is 0. The zero-order chi connectivity index (χ0) is 11.5. The number of nitrogens with one attached hydrogen (secondary N) is 1. The molecule has 1 aromatic carbocycles. The van der Waals surface area contributed by atoms with E-state index in [2.05, 4.69) is 58.2 Å². The Kier molecular flexibility index (Phi) is 4.00. The Morgan fingerprint density at radius 1 is 1.50 bits per heavy atom. The van der Waals surface area contributed by atoms with Gasteiger partial charge < -0.3 is 5.32 Å². The van der Waals surface area contributed by atoms with Gasteiger partial charge in [0.2, 0.25) is 0 Å². The van der Waals surface area contributed by atoms with Gasteiger partial charge in [-0.05, 0) is 37.1 Å². The second kappa shape index (κ2) is 5.30. The summed E-state index contributed by atoms with van der Waals surface area (Å²) < 4.78 is 1.18. The molecule has 88 valence electrons. The van der Waals surface area contributed by atoms with Crippen molar-refractivity contribution >= 4 is 15.9 Å². The normalized spacial score (nSPS) is 22.3. The van der Waals surface area contributed by atoms with Crippen molar-refractivity contribution in [3.05, 3.63) is 33.8 Å². The van der Waals surface area contributed by atoms with Crippen molar-refractivity contribution in [2.24, 2.45) is 0 Å². The van der Waals surface area contributed by atoms with Crippen LogP contribution in [0, 0.1) is 6.92 Å². The van der Waals surface area contributed by atoms with Gasteiger partial charge in [0.1, 0.15) is 0 Å². The monoisotopic (exact) mass is 282 g/mol. The van der Waals surface area contributed by atoms with Crippen LogP contribution >= 0.6 is 15.9 Å². The van der Waals surface area contributed by atoms with Gasteiger partial charge in [-0.15, -0.1) is 0 Å². The molecule has 1 aliphatic rings. The van der Waals surface area contributed by atoms with Crippen molar-refractivity contribution in [2.75, 3.05) is 19.6 Å².